The van der Waals surface area contributed by atoms with E-state index in [-0.39, 0.29) is 18.6 Å². The fourth-order valence-electron chi connectivity index (χ4n) is 3.11. The van der Waals surface area contributed by atoms with Crippen molar-refractivity contribution in [3.05, 3.63) is 70.0 Å². The van der Waals surface area contributed by atoms with Crippen LogP contribution >= 0.6 is 11.6 Å². The number of halogens is 4. The maximum absolute atomic E-state index is 13.7. The summed E-state index contributed by atoms with van der Waals surface area (Å²) in [6.45, 7) is 5.55. The molecule has 0 aliphatic rings. The van der Waals surface area contributed by atoms with Crippen molar-refractivity contribution in [3.63, 3.8) is 0 Å². The molecule has 0 saturated heterocycles. The Labute approximate surface area is 198 Å². The fourth-order valence-corrected chi connectivity index (χ4v) is 3.25. The summed E-state index contributed by atoms with van der Waals surface area (Å²) in [5, 5.41) is 12.0. The van der Waals surface area contributed by atoms with Crippen LogP contribution < -0.4 is 10.1 Å². The van der Waals surface area contributed by atoms with Crippen LogP contribution in [0.2, 0.25) is 0 Å². The number of carbonyl (C=O) groups excluding carboxylic acids is 1. The molecule has 0 fully saturated rings. The minimum absolute atomic E-state index is 0.00259. The number of carbonyl (C=O) groups is 1. The van der Waals surface area contributed by atoms with E-state index in [2.05, 4.69) is 5.32 Å². The standard InChI is InChI=1S/C23H25ClF3NO3.C2H6/c1-14-5-6-15(11-21(14)31-2)10-16(4-3-8-24)23(30)28-20(7-9-29)17-12-18(25)22(27)19(26)13-17;1-2/h5-6,10-13,20,29H,3-4,7-9H2,1-2H3,(H,28,30);1-2H3/b16-10+;. The van der Waals surface area contributed by atoms with E-state index in [9.17, 15) is 23.1 Å². The van der Waals surface area contributed by atoms with Gasteiger partial charge in [0.05, 0.1) is 13.2 Å². The number of methoxy groups -OCH3 is 1. The monoisotopic (exact) mass is 485 g/mol. The van der Waals surface area contributed by atoms with Gasteiger partial charge in [-0.3, -0.25) is 4.79 Å². The van der Waals surface area contributed by atoms with E-state index in [1.165, 1.54) is 0 Å². The van der Waals surface area contributed by atoms with Crippen molar-refractivity contribution in [2.75, 3.05) is 19.6 Å². The summed E-state index contributed by atoms with van der Waals surface area (Å²) in [7, 11) is 1.55. The molecule has 0 aliphatic heterocycles. The minimum atomic E-state index is -1.59. The summed E-state index contributed by atoms with van der Waals surface area (Å²) in [6, 6.07) is 6.20. The second-order valence-electron chi connectivity index (χ2n) is 7.03. The first-order valence-corrected chi connectivity index (χ1v) is 11.3. The van der Waals surface area contributed by atoms with Crippen LogP contribution in [-0.4, -0.2) is 30.6 Å². The van der Waals surface area contributed by atoms with Crippen molar-refractivity contribution < 1.29 is 27.8 Å². The molecule has 2 N–H and O–H groups in total. The molecular formula is C25H31ClF3NO3. The van der Waals surface area contributed by atoms with Gasteiger partial charge in [0.1, 0.15) is 5.75 Å². The van der Waals surface area contributed by atoms with E-state index in [0.29, 0.717) is 30.0 Å². The van der Waals surface area contributed by atoms with Crippen LogP contribution in [-0.2, 0) is 4.79 Å². The Morgan fingerprint density at radius 3 is 2.36 bits per heavy atom. The summed E-state index contributed by atoms with van der Waals surface area (Å²) in [6.07, 6.45) is 2.58. The molecule has 1 atom stereocenters. The van der Waals surface area contributed by atoms with Gasteiger partial charge in [-0.2, -0.15) is 0 Å². The Morgan fingerprint density at radius 1 is 1.18 bits per heavy atom. The van der Waals surface area contributed by atoms with Crippen LogP contribution in [0.15, 0.2) is 35.9 Å². The van der Waals surface area contributed by atoms with Crippen molar-refractivity contribution in [3.8, 4) is 5.75 Å². The Hall–Kier alpha value is -2.51. The third-order valence-electron chi connectivity index (χ3n) is 4.78. The molecule has 2 aromatic carbocycles. The van der Waals surface area contributed by atoms with E-state index in [1.54, 1.807) is 19.3 Å². The summed E-state index contributed by atoms with van der Waals surface area (Å²) in [4.78, 5) is 13.0. The molecule has 8 heteroatoms. The number of hydrogen-bond donors (Lipinski definition) is 2. The average Bonchev–Trinajstić information content (AvgIpc) is 2.81. The maximum Gasteiger partial charge on any atom is 0.247 e. The zero-order chi connectivity index (χ0) is 25.0. The molecule has 0 radical (unpaired) electrons. The van der Waals surface area contributed by atoms with Gasteiger partial charge in [0.25, 0.3) is 0 Å². The van der Waals surface area contributed by atoms with Crippen molar-refractivity contribution in [2.24, 2.45) is 0 Å². The van der Waals surface area contributed by atoms with E-state index in [0.717, 1.165) is 23.3 Å². The van der Waals surface area contributed by atoms with Gasteiger partial charge in [-0.05, 0) is 67.2 Å². The Bertz CT molecular complexity index is 927. The Kier molecular flexibility index (Phi) is 12.6. The third kappa shape index (κ3) is 8.41. The van der Waals surface area contributed by atoms with E-state index < -0.39 is 29.4 Å². The smallest absolute Gasteiger partial charge is 0.247 e. The normalized spacial score (nSPS) is 12.0. The summed E-state index contributed by atoms with van der Waals surface area (Å²) in [5.74, 6) is -3.78. The molecule has 0 aromatic heterocycles. The third-order valence-corrected chi connectivity index (χ3v) is 5.04. The molecule has 33 heavy (non-hydrogen) atoms. The molecule has 1 amide bonds. The van der Waals surface area contributed by atoms with Crippen molar-refractivity contribution in [2.45, 2.75) is 46.1 Å². The van der Waals surface area contributed by atoms with Crippen molar-refractivity contribution >= 4 is 23.6 Å². The van der Waals surface area contributed by atoms with Gasteiger partial charge in [0.2, 0.25) is 5.91 Å². The average molecular weight is 486 g/mol. The quantitative estimate of drug-likeness (QED) is 0.243. The highest BCUT2D eigenvalue weighted by Crippen LogP contribution is 2.25. The molecule has 0 aliphatic carbocycles. The molecule has 2 rings (SSSR count). The zero-order valence-corrected chi connectivity index (χ0v) is 20.1. The highest BCUT2D eigenvalue weighted by Gasteiger charge is 2.21. The molecule has 0 bridgehead atoms. The summed E-state index contributed by atoms with van der Waals surface area (Å²) in [5.41, 5.74) is 2.10. The number of ether oxygens (including phenoxy) is 1. The number of alkyl halides is 1. The number of aryl methyl sites for hydroxylation is 1. The zero-order valence-electron chi connectivity index (χ0n) is 19.4. The molecule has 182 valence electrons. The lowest BCUT2D eigenvalue weighted by molar-refractivity contribution is -0.118. The molecule has 2 aromatic rings. The predicted molar refractivity (Wildman–Crippen MR) is 126 cm³/mol. The van der Waals surface area contributed by atoms with Gasteiger partial charge >= 0.3 is 0 Å². The van der Waals surface area contributed by atoms with E-state index in [1.807, 2.05) is 32.9 Å². The molecule has 0 heterocycles. The SMILES string of the molecule is CC.COc1cc(/C=C(\CCCCl)C(=O)NC(CCO)c2cc(F)c(F)c(F)c2)ccc1C. The number of nitrogens with one attached hydrogen (secondary N) is 1. The minimum Gasteiger partial charge on any atom is -0.496 e. The molecule has 1 unspecified atom stereocenters. The number of hydrogen-bond acceptors (Lipinski definition) is 3. The van der Waals surface area contributed by atoms with Gasteiger partial charge in [-0.1, -0.05) is 26.0 Å². The summed E-state index contributed by atoms with van der Waals surface area (Å²) >= 11 is 5.79. The van der Waals surface area contributed by atoms with Crippen molar-refractivity contribution in [1.82, 2.24) is 5.32 Å². The number of benzene rings is 2. The van der Waals surface area contributed by atoms with Gasteiger partial charge in [0, 0.05) is 18.1 Å². The van der Waals surface area contributed by atoms with Gasteiger partial charge in [-0.15, -0.1) is 11.6 Å². The summed E-state index contributed by atoms with van der Waals surface area (Å²) < 4.78 is 46.0. The van der Waals surface area contributed by atoms with E-state index >= 15 is 0 Å². The van der Waals surface area contributed by atoms with Crippen molar-refractivity contribution in [1.29, 1.82) is 0 Å². The largest absolute Gasteiger partial charge is 0.496 e. The van der Waals surface area contributed by atoms with Crippen LogP contribution in [0.3, 0.4) is 0 Å². The molecule has 0 spiro atoms. The van der Waals surface area contributed by atoms with E-state index in [4.69, 9.17) is 16.3 Å². The fraction of sp³-hybridized carbons (Fsp3) is 0.400. The van der Waals surface area contributed by atoms with Gasteiger partial charge in [-0.25, -0.2) is 13.2 Å². The Balaban J connectivity index is 0.00000265. The number of aliphatic hydroxyl groups excluding tert-OH is 1. The lowest BCUT2D eigenvalue weighted by Gasteiger charge is -2.20. The first kappa shape index (κ1) is 28.5. The lowest BCUT2D eigenvalue weighted by atomic mass is 10.0. The van der Waals surface area contributed by atoms with Gasteiger partial charge < -0.3 is 15.2 Å². The Morgan fingerprint density at radius 2 is 1.82 bits per heavy atom. The highest BCUT2D eigenvalue weighted by molar-refractivity contribution is 6.17. The molecule has 0 saturated carbocycles. The first-order valence-electron chi connectivity index (χ1n) is 10.8. The predicted octanol–water partition coefficient (Wildman–Crippen LogP) is 6.09. The lowest BCUT2D eigenvalue weighted by Crippen LogP contribution is -2.30. The van der Waals surface area contributed by atoms with Gasteiger partial charge in [0.15, 0.2) is 17.5 Å². The van der Waals surface area contributed by atoms with Crippen LogP contribution in [0.5, 0.6) is 5.75 Å². The van der Waals surface area contributed by atoms with Crippen LogP contribution in [0, 0.1) is 24.4 Å². The first-order chi connectivity index (χ1) is 15.8. The van der Waals surface area contributed by atoms with Crippen LogP contribution in [0.1, 0.15) is 55.8 Å². The van der Waals surface area contributed by atoms with Crippen LogP contribution in [0.25, 0.3) is 6.08 Å². The number of amides is 1. The maximum atomic E-state index is 13.7. The molecule has 4 nitrogen and oxygen atoms in total. The second-order valence-corrected chi connectivity index (χ2v) is 7.41. The topological polar surface area (TPSA) is 58.6 Å². The molecular weight excluding hydrogens is 455 g/mol. The number of aliphatic hydroxyl groups is 1. The van der Waals surface area contributed by atoms with Crippen LogP contribution in [0.4, 0.5) is 13.2 Å². The highest BCUT2D eigenvalue weighted by atomic mass is 35.5. The number of rotatable bonds is 10. The second kappa shape index (κ2) is 14.6.